The number of ether oxygens (including phenoxy) is 1. The molecule has 194 valence electrons. The smallest absolute Gasteiger partial charge is 0.272 e. The Morgan fingerprint density at radius 3 is 2.38 bits per heavy atom. The number of fused-ring (bicyclic) bond motifs is 3. The number of primary amides is 1. The minimum absolute atomic E-state index is 0. The van der Waals surface area contributed by atoms with Gasteiger partial charge >= 0.3 is 0 Å². The van der Waals surface area contributed by atoms with E-state index in [1.807, 2.05) is 12.1 Å². The van der Waals surface area contributed by atoms with E-state index in [4.69, 9.17) is 38.1 Å². The second-order valence-corrected chi connectivity index (χ2v) is 9.34. The van der Waals surface area contributed by atoms with Crippen LogP contribution in [0.5, 0.6) is 5.75 Å². The molecule has 0 aliphatic carbocycles. The van der Waals surface area contributed by atoms with E-state index in [2.05, 4.69) is 9.88 Å². The van der Waals surface area contributed by atoms with Gasteiger partial charge in [-0.3, -0.25) is 14.6 Å². The number of methoxy groups -OCH3 is 1. The van der Waals surface area contributed by atoms with Crippen molar-refractivity contribution in [1.82, 2.24) is 14.9 Å². The number of pyridine rings is 1. The summed E-state index contributed by atoms with van der Waals surface area (Å²) in [5, 5.41) is 4.99. The summed E-state index contributed by atoms with van der Waals surface area (Å²) in [4.78, 5) is 32.5. The minimum atomic E-state index is -0.614. The molecule has 1 fully saturated rings. The molecule has 12 heteroatoms. The van der Waals surface area contributed by atoms with Crippen LogP contribution in [0.2, 0.25) is 10.0 Å². The van der Waals surface area contributed by atoms with Gasteiger partial charge in [-0.25, -0.2) is 10.0 Å². The van der Waals surface area contributed by atoms with Gasteiger partial charge in [0.05, 0.1) is 22.7 Å². The van der Waals surface area contributed by atoms with Crippen LogP contribution in [-0.4, -0.2) is 67.0 Å². The third kappa shape index (κ3) is 4.81. The summed E-state index contributed by atoms with van der Waals surface area (Å²) in [7, 11) is 3.54. The first-order valence-electron chi connectivity index (χ1n) is 11.2. The summed E-state index contributed by atoms with van der Waals surface area (Å²) in [6.07, 6.45) is 2.91. The van der Waals surface area contributed by atoms with Gasteiger partial charge in [-0.15, -0.1) is 12.4 Å². The summed E-state index contributed by atoms with van der Waals surface area (Å²) < 4.78 is 11.4. The SMILES string of the molecule is COc1ccc(C(N)=O)c2c1oc1ccc(C(=O)N(c3c(Cl)cncc3Cl)N3CCN(C)CC3)cc12.Cl. The van der Waals surface area contributed by atoms with E-state index in [-0.39, 0.29) is 33.9 Å². The van der Waals surface area contributed by atoms with Gasteiger partial charge in [-0.1, -0.05) is 23.2 Å². The van der Waals surface area contributed by atoms with E-state index in [9.17, 15) is 9.59 Å². The summed E-state index contributed by atoms with van der Waals surface area (Å²) in [6, 6.07) is 8.24. The Morgan fingerprint density at radius 2 is 1.76 bits per heavy atom. The molecule has 9 nitrogen and oxygen atoms in total. The Hall–Kier alpha value is -3.08. The fraction of sp³-hybridized carbons (Fsp3) is 0.240. The van der Waals surface area contributed by atoms with Crippen LogP contribution in [0.4, 0.5) is 5.69 Å². The molecule has 2 aromatic carbocycles. The Morgan fingerprint density at radius 1 is 1.08 bits per heavy atom. The van der Waals surface area contributed by atoms with Crippen molar-refractivity contribution in [2.24, 2.45) is 5.73 Å². The molecule has 1 aliphatic heterocycles. The molecular formula is C25H24Cl3N5O4. The zero-order valence-corrected chi connectivity index (χ0v) is 22.4. The topological polar surface area (TPSA) is 105 Å². The number of carbonyl (C=O) groups is 2. The highest BCUT2D eigenvalue weighted by Gasteiger charge is 2.31. The van der Waals surface area contributed by atoms with Crippen LogP contribution in [0.25, 0.3) is 21.9 Å². The molecular weight excluding hydrogens is 541 g/mol. The van der Waals surface area contributed by atoms with Gasteiger partial charge < -0.3 is 19.8 Å². The van der Waals surface area contributed by atoms with Crippen molar-refractivity contribution in [3.8, 4) is 5.75 Å². The van der Waals surface area contributed by atoms with E-state index in [0.29, 0.717) is 52.0 Å². The van der Waals surface area contributed by atoms with E-state index < -0.39 is 5.91 Å². The fourth-order valence-corrected chi connectivity index (χ4v) is 4.98. The highest BCUT2D eigenvalue weighted by molar-refractivity contribution is 6.40. The summed E-state index contributed by atoms with van der Waals surface area (Å²) in [5.74, 6) is -0.501. The Balaban J connectivity index is 0.00000320. The third-order valence-electron chi connectivity index (χ3n) is 6.31. The number of amides is 2. The molecule has 0 unspecified atom stereocenters. The summed E-state index contributed by atoms with van der Waals surface area (Å²) in [5.41, 5.74) is 7.49. The van der Waals surface area contributed by atoms with E-state index in [0.717, 1.165) is 13.1 Å². The van der Waals surface area contributed by atoms with Gasteiger partial charge in [0.25, 0.3) is 5.91 Å². The van der Waals surface area contributed by atoms with Crippen LogP contribution in [0.3, 0.4) is 0 Å². The largest absolute Gasteiger partial charge is 0.493 e. The first-order chi connectivity index (χ1) is 17.3. The number of nitrogens with two attached hydrogens (primary N) is 1. The molecule has 1 saturated heterocycles. The highest BCUT2D eigenvalue weighted by Crippen LogP contribution is 2.39. The lowest BCUT2D eigenvalue weighted by atomic mass is 10.0. The Bertz CT molecular complexity index is 1480. The second-order valence-electron chi connectivity index (χ2n) is 8.52. The second kappa shape index (κ2) is 10.7. The lowest BCUT2D eigenvalue weighted by molar-refractivity contribution is 0.0820. The zero-order valence-electron chi connectivity index (χ0n) is 20.0. The average molecular weight is 565 g/mol. The van der Waals surface area contributed by atoms with Gasteiger partial charge in [0, 0.05) is 54.9 Å². The number of furan rings is 1. The van der Waals surface area contributed by atoms with Gasteiger partial charge in [-0.05, 0) is 37.4 Å². The van der Waals surface area contributed by atoms with E-state index in [1.165, 1.54) is 24.5 Å². The van der Waals surface area contributed by atoms with Crippen molar-refractivity contribution >= 4 is 75.0 Å². The number of piperazine rings is 1. The van der Waals surface area contributed by atoms with Crippen LogP contribution in [0, 0.1) is 0 Å². The third-order valence-corrected chi connectivity index (χ3v) is 6.86. The number of carbonyl (C=O) groups excluding carboxylic acids is 2. The predicted octanol–water partition coefficient (Wildman–Crippen LogP) is 4.63. The van der Waals surface area contributed by atoms with E-state index >= 15 is 0 Å². The average Bonchev–Trinajstić information content (AvgIpc) is 3.25. The van der Waals surface area contributed by atoms with Crippen molar-refractivity contribution in [2.45, 2.75) is 0 Å². The standard InChI is InChI=1S/C25H23Cl2N5O4.ClH/c1-30-7-9-31(10-8-30)32(22-17(26)12-29-13-18(22)27)25(34)14-3-5-19-16(11-14)21-15(24(28)33)4-6-20(35-2)23(21)36-19;/h3-6,11-13H,7-10H2,1-2H3,(H2,28,33);1H. The Labute approximate surface area is 229 Å². The Kier molecular flexibility index (Phi) is 7.82. The zero-order chi connectivity index (χ0) is 25.6. The lowest BCUT2D eigenvalue weighted by Crippen LogP contribution is -2.55. The normalized spacial score (nSPS) is 14.5. The maximum absolute atomic E-state index is 14.1. The molecule has 2 N–H and O–H groups in total. The molecule has 37 heavy (non-hydrogen) atoms. The number of nitrogens with zero attached hydrogens (tertiary/aromatic N) is 4. The molecule has 0 atom stereocenters. The van der Waals surface area contributed by atoms with Gasteiger partial charge in [0.15, 0.2) is 11.3 Å². The van der Waals surface area contributed by atoms with Crippen molar-refractivity contribution in [3.63, 3.8) is 0 Å². The number of hydrogen-bond donors (Lipinski definition) is 1. The van der Waals surface area contributed by atoms with Crippen molar-refractivity contribution in [2.75, 3.05) is 45.3 Å². The fourth-order valence-electron chi connectivity index (χ4n) is 4.45. The maximum Gasteiger partial charge on any atom is 0.272 e. The molecule has 3 heterocycles. The minimum Gasteiger partial charge on any atom is -0.493 e. The van der Waals surface area contributed by atoms with Gasteiger partial charge in [0.1, 0.15) is 11.3 Å². The number of halogens is 3. The maximum atomic E-state index is 14.1. The molecule has 1 aliphatic rings. The van der Waals surface area contributed by atoms with Crippen LogP contribution >= 0.6 is 35.6 Å². The number of anilines is 1. The molecule has 0 spiro atoms. The first kappa shape index (κ1) is 27.0. The quantitative estimate of drug-likeness (QED) is 0.377. The molecule has 4 aromatic rings. The number of hydrazine groups is 1. The van der Waals surface area contributed by atoms with Crippen LogP contribution in [0.1, 0.15) is 20.7 Å². The molecule has 0 radical (unpaired) electrons. The van der Waals surface area contributed by atoms with Gasteiger partial charge in [-0.2, -0.15) is 0 Å². The summed E-state index contributed by atoms with van der Waals surface area (Å²) >= 11 is 13.0. The molecule has 5 rings (SSSR count). The number of likely N-dealkylation sites (N-methyl/N-ethyl adjacent to an activating group) is 1. The predicted molar refractivity (Wildman–Crippen MR) is 146 cm³/mol. The van der Waals surface area contributed by atoms with E-state index in [1.54, 1.807) is 30.3 Å². The van der Waals surface area contributed by atoms with Crippen LogP contribution in [-0.2, 0) is 0 Å². The number of hydrogen-bond acceptors (Lipinski definition) is 7. The first-order valence-corrected chi connectivity index (χ1v) is 12.0. The molecule has 2 amide bonds. The monoisotopic (exact) mass is 563 g/mol. The van der Waals surface area contributed by atoms with Crippen molar-refractivity contribution in [1.29, 1.82) is 0 Å². The number of benzene rings is 2. The van der Waals surface area contributed by atoms with Gasteiger partial charge in [0.2, 0.25) is 5.91 Å². The van der Waals surface area contributed by atoms with Crippen LogP contribution < -0.4 is 15.5 Å². The molecule has 0 saturated carbocycles. The van der Waals surface area contributed by atoms with Crippen molar-refractivity contribution in [3.05, 3.63) is 63.9 Å². The van der Waals surface area contributed by atoms with Crippen LogP contribution in [0.15, 0.2) is 47.1 Å². The highest BCUT2D eigenvalue weighted by atomic mass is 35.5. The number of aromatic nitrogens is 1. The van der Waals surface area contributed by atoms with Crippen molar-refractivity contribution < 1.29 is 18.7 Å². The lowest BCUT2D eigenvalue weighted by Gasteiger charge is -2.40. The molecule has 2 aromatic heterocycles. The number of rotatable bonds is 5. The molecule has 0 bridgehead atoms. The summed E-state index contributed by atoms with van der Waals surface area (Å²) in [6.45, 7) is 2.71.